The summed E-state index contributed by atoms with van der Waals surface area (Å²) in [6.45, 7) is 4.85. The van der Waals surface area contributed by atoms with Gasteiger partial charge in [-0.3, -0.25) is 0 Å². The zero-order valence-electron chi connectivity index (χ0n) is 6.22. The van der Waals surface area contributed by atoms with Gasteiger partial charge >= 0.3 is 0 Å². The first-order valence-corrected chi connectivity index (χ1v) is 4.32. The number of hydrogen-bond donors (Lipinski definition) is 0. The lowest BCUT2D eigenvalue weighted by atomic mass is 9.64. The highest BCUT2D eigenvalue weighted by atomic mass is 14.9. The molecule has 50 valence electrons. The van der Waals surface area contributed by atoms with E-state index in [4.69, 9.17) is 0 Å². The van der Waals surface area contributed by atoms with E-state index in [-0.39, 0.29) is 0 Å². The molecule has 3 rings (SSSR count). The van der Waals surface area contributed by atoms with E-state index < -0.39 is 0 Å². The Balaban J connectivity index is 1.99. The van der Waals surface area contributed by atoms with E-state index in [1.807, 2.05) is 0 Å². The van der Waals surface area contributed by atoms with E-state index >= 15 is 0 Å². The third-order valence-electron chi connectivity index (χ3n) is 4.73. The van der Waals surface area contributed by atoms with E-state index in [1.54, 1.807) is 6.42 Å². The average molecular weight is 122 g/mol. The van der Waals surface area contributed by atoms with Gasteiger partial charge in [-0.15, -0.1) is 0 Å². The molecule has 0 radical (unpaired) electrons. The van der Waals surface area contributed by atoms with Crippen LogP contribution in [0.1, 0.15) is 26.7 Å². The summed E-state index contributed by atoms with van der Waals surface area (Å²) >= 11 is 0. The molecule has 9 heavy (non-hydrogen) atoms. The molecular weight excluding hydrogens is 108 g/mol. The zero-order valence-corrected chi connectivity index (χ0v) is 6.22. The van der Waals surface area contributed by atoms with Crippen molar-refractivity contribution in [3.05, 3.63) is 0 Å². The van der Waals surface area contributed by atoms with Crippen LogP contribution in [0.5, 0.6) is 0 Å². The van der Waals surface area contributed by atoms with Crippen LogP contribution in [0.15, 0.2) is 0 Å². The smallest absolute Gasteiger partial charge is 0.0206 e. The maximum atomic E-state index is 2.47. The van der Waals surface area contributed by atoms with Crippen LogP contribution in [0.4, 0.5) is 0 Å². The molecule has 3 fully saturated rings. The zero-order chi connectivity index (χ0) is 6.22. The van der Waals surface area contributed by atoms with E-state index in [0.717, 1.165) is 11.3 Å². The summed E-state index contributed by atoms with van der Waals surface area (Å²) in [6, 6.07) is 0. The van der Waals surface area contributed by atoms with Crippen LogP contribution in [0.3, 0.4) is 0 Å². The molecule has 3 saturated carbocycles. The molecule has 0 N–H and O–H groups in total. The van der Waals surface area contributed by atoms with Crippen LogP contribution in [0.25, 0.3) is 0 Å². The molecule has 3 aliphatic rings. The maximum Gasteiger partial charge on any atom is -0.0206 e. The topological polar surface area (TPSA) is 0 Å². The fourth-order valence-corrected chi connectivity index (χ4v) is 4.14. The van der Waals surface area contributed by atoms with Crippen LogP contribution >= 0.6 is 0 Å². The molecule has 0 heteroatoms. The second-order valence-electron chi connectivity index (χ2n) is 4.29. The highest BCUT2D eigenvalue weighted by Crippen LogP contribution is 2.89. The lowest BCUT2D eigenvalue weighted by Gasteiger charge is -2.40. The lowest BCUT2D eigenvalue weighted by Crippen LogP contribution is -2.35. The Kier molecular flexibility index (Phi) is 0.518. The Bertz CT molecular complexity index is 167. The van der Waals surface area contributed by atoms with E-state index in [0.29, 0.717) is 0 Å². The van der Waals surface area contributed by atoms with Crippen molar-refractivity contribution in [2.75, 3.05) is 0 Å². The molecule has 0 nitrogen and oxygen atoms in total. The van der Waals surface area contributed by atoms with E-state index in [9.17, 15) is 0 Å². The van der Waals surface area contributed by atoms with Crippen molar-refractivity contribution in [3.8, 4) is 0 Å². The van der Waals surface area contributed by atoms with Gasteiger partial charge in [0.05, 0.1) is 0 Å². The Morgan fingerprint density at radius 3 is 2.56 bits per heavy atom. The van der Waals surface area contributed by atoms with Gasteiger partial charge in [0.25, 0.3) is 0 Å². The summed E-state index contributed by atoms with van der Waals surface area (Å²) in [6.07, 6.45) is 3.07. The fraction of sp³-hybridized carbons (Fsp3) is 1.00. The van der Waals surface area contributed by atoms with Crippen LogP contribution in [-0.2, 0) is 0 Å². The minimum absolute atomic E-state index is 0.921. The molecular formula is C9H14. The Hall–Kier alpha value is 0. The van der Waals surface area contributed by atoms with Crippen LogP contribution in [-0.4, -0.2) is 0 Å². The predicted octanol–water partition coefficient (Wildman–Crippen LogP) is 2.30. The molecule has 0 bridgehead atoms. The Morgan fingerprint density at radius 1 is 1.56 bits per heavy atom. The molecule has 5 atom stereocenters. The molecule has 0 amide bonds. The van der Waals surface area contributed by atoms with Crippen molar-refractivity contribution in [2.24, 2.45) is 29.1 Å². The SMILES string of the molecule is CCC12C(C)C3CC1C32. The quantitative estimate of drug-likeness (QED) is 0.500. The van der Waals surface area contributed by atoms with Gasteiger partial charge in [0.1, 0.15) is 0 Å². The van der Waals surface area contributed by atoms with Crippen molar-refractivity contribution >= 4 is 0 Å². The molecule has 0 heterocycles. The largest absolute Gasteiger partial charge is 0.0648 e. The van der Waals surface area contributed by atoms with Gasteiger partial charge in [-0.25, -0.2) is 0 Å². The van der Waals surface area contributed by atoms with Crippen molar-refractivity contribution < 1.29 is 0 Å². The van der Waals surface area contributed by atoms with Crippen molar-refractivity contribution in [1.29, 1.82) is 0 Å². The molecule has 0 saturated heterocycles. The summed E-state index contributed by atoms with van der Waals surface area (Å²) in [4.78, 5) is 0. The van der Waals surface area contributed by atoms with Crippen LogP contribution in [0.2, 0.25) is 0 Å². The van der Waals surface area contributed by atoms with Gasteiger partial charge in [-0.2, -0.15) is 0 Å². The summed E-state index contributed by atoms with van der Waals surface area (Å²) < 4.78 is 0. The fourth-order valence-electron chi connectivity index (χ4n) is 4.14. The minimum atomic E-state index is 0.921. The standard InChI is InChI=1S/C9H14/c1-3-9-5(2)6-4-7(9)8(6)9/h5-8H,3-4H2,1-2H3. The summed E-state index contributed by atoms with van der Waals surface area (Å²) in [5.74, 6) is 4.74. The first-order chi connectivity index (χ1) is 4.32. The molecule has 0 spiro atoms. The normalized spacial score (nSPS) is 74.0. The lowest BCUT2D eigenvalue weighted by molar-refractivity contribution is 0.0768. The Labute approximate surface area is 56.6 Å². The van der Waals surface area contributed by atoms with Crippen molar-refractivity contribution in [2.45, 2.75) is 26.7 Å². The second-order valence-corrected chi connectivity index (χ2v) is 4.29. The van der Waals surface area contributed by atoms with Gasteiger partial charge in [0, 0.05) is 0 Å². The summed E-state index contributed by atoms with van der Waals surface area (Å²) in [7, 11) is 0. The van der Waals surface area contributed by atoms with Gasteiger partial charge in [-0.05, 0) is 41.9 Å². The minimum Gasteiger partial charge on any atom is -0.0648 e. The first kappa shape index (κ1) is 4.76. The number of fused-ring (bicyclic) bond motifs is 1. The van der Waals surface area contributed by atoms with Crippen molar-refractivity contribution in [1.82, 2.24) is 0 Å². The van der Waals surface area contributed by atoms with Crippen LogP contribution < -0.4 is 0 Å². The third kappa shape index (κ3) is 0.235. The predicted molar refractivity (Wildman–Crippen MR) is 37.0 cm³/mol. The van der Waals surface area contributed by atoms with Crippen molar-refractivity contribution in [3.63, 3.8) is 0 Å². The molecule has 0 aromatic rings. The van der Waals surface area contributed by atoms with Crippen LogP contribution in [0, 0.1) is 29.1 Å². The molecule has 0 aliphatic heterocycles. The van der Waals surface area contributed by atoms with Gasteiger partial charge in [-0.1, -0.05) is 13.8 Å². The van der Waals surface area contributed by atoms with E-state index in [1.165, 1.54) is 24.2 Å². The van der Waals surface area contributed by atoms with Gasteiger partial charge in [0.2, 0.25) is 0 Å². The molecule has 0 aromatic heterocycles. The highest BCUT2D eigenvalue weighted by Gasteiger charge is 2.84. The monoisotopic (exact) mass is 122 g/mol. The second kappa shape index (κ2) is 0.980. The van der Waals surface area contributed by atoms with Gasteiger partial charge in [0.15, 0.2) is 0 Å². The summed E-state index contributed by atoms with van der Waals surface area (Å²) in [5.41, 5.74) is 0.921. The van der Waals surface area contributed by atoms with Gasteiger partial charge < -0.3 is 0 Å². The maximum absolute atomic E-state index is 2.47. The molecule has 3 aliphatic carbocycles. The average Bonchev–Trinajstić information content (AvgIpc) is 2.06. The first-order valence-electron chi connectivity index (χ1n) is 4.32. The van der Waals surface area contributed by atoms with E-state index in [2.05, 4.69) is 13.8 Å². The Morgan fingerprint density at radius 2 is 2.33 bits per heavy atom. The highest BCUT2D eigenvalue weighted by molar-refractivity contribution is 5.32. The summed E-state index contributed by atoms with van der Waals surface area (Å²) in [5, 5.41) is 0. The number of rotatable bonds is 1. The number of hydrogen-bond acceptors (Lipinski definition) is 0. The third-order valence-corrected chi connectivity index (χ3v) is 4.73. The molecule has 5 unspecified atom stereocenters. The molecule has 0 aromatic carbocycles.